The van der Waals surface area contributed by atoms with E-state index in [0.717, 1.165) is 0 Å². The Morgan fingerprint density at radius 3 is 2.33 bits per heavy atom. The topological polar surface area (TPSA) is 0 Å². The first kappa shape index (κ1) is 13.4. The molecule has 1 fully saturated rings. The smallest absolute Gasteiger partial charge is 0.00205 e. The highest BCUT2D eigenvalue weighted by Crippen LogP contribution is 2.30. The van der Waals surface area contributed by atoms with E-state index < -0.39 is 0 Å². The SMILES string of the molecule is CCCC(C=C1CCCCC1)c1ccc(C)cc1. The van der Waals surface area contributed by atoms with Crippen LogP contribution in [0.3, 0.4) is 0 Å². The molecule has 1 unspecified atom stereocenters. The van der Waals surface area contributed by atoms with Gasteiger partial charge in [-0.05, 0) is 44.6 Å². The summed E-state index contributed by atoms with van der Waals surface area (Å²) in [6, 6.07) is 9.12. The Bertz CT molecular complexity index is 375. The molecule has 98 valence electrons. The maximum absolute atomic E-state index is 2.58. The van der Waals surface area contributed by atoms with Gasteiger partial charge in [-0.15, -0.1) is 0 Å². The largest absolute Gasteiger partial charge is 0.0778 e. The lowest BCUT2D eigenvalue weighted by Crippen LogP contribution is -2.00. The van der Waals surface area contributed by atoms with Gasteiger partial charge >= 0.3 is 0 Å². The molecule has 1 aliphatic carbocycles. The second-order valence-electron chi connectivity index (χ2n) is 5.69. The number of hydrogen-bond acceptors (Lipinski definition) is 0. The molecule has 0 bridgehead atoms. The summed E-state index contributed by atoms with van der Waals surface area (Å²) >= 11 is 0. The number of aryl methyl sites for hydroxylation is 1. The molecule has 0 N–H and O–H groups in total. The van der Waals surface area contributed by atoms with E-state index in [2.05, 4.69) is 44.2 Å². The van der Waals surface area contributed by atoms with Gasteiger partial charge in [-0.25, -0.2) is 0 Å². The number of allylic oxidation sites excluding steroid dienone is 2. The van der Waals surface area contributed by atoms with Gasteiger partial charge in [-0.3, -0.25) is 0 Å². The summed E-state index contributed by atoms with van der Waals surface area (Å²) < 4.78 is 0. The van der Waals surface area contributed by atoms with Gasteiger partial charge in [0.2, 0.25) is 0 Å². The summed E-state index contributed by atoms with van der Waals surface area (Å²) in [5.74, 6) is 0.642. The fourth-order valence-electron chi connectivity index (χ4n) is 2.93. The van der Waals surface area contributed by atoms with Crippen molar-refractivity contribution in [2.45, 2.75) is 64.7 Å². The van der Waals surface area contributed by atoms with E-state index in [-0.39, 0.29) is 0 Å². The summed E-state index contributed by atoms with van der Waals surface area (Å²) in [6.45, 7) is 4.46. The Morgan fingerprint density at radius 1 is 1.06 bits per heavy atom. The number of rotatable bonds is 4. The van der Waals surface area contributed by atoms with Gasteiger partial charge in [0.1, 0.15) is 0 Å². The zero-order valence-corrected chi connectivity index (χ0v) is 11.9. The Labute approximate surface area is 112 Å². The maximum Gasteiger partial charge on any atom is 0.00205 e. The molecule has 1 aromatic carbocycles. The summed E-state index contributed by atoms with van der Waals surface area (Å²) in [4.78, 5) is 0. The molecule has 0 amide bonds. The normalized spacial score (nSPS) is 17.6. The Balaban J connectivity index is 2.14. The van der Waals surface area contributed by atoms with Crippen molar-refractivity contribution in [3.8, 4) is 0 Å². The number of benzene rings is 1. The van der Waals surface area contributed by atoms with Crippen LogP contribution in [0.4, 0.5) is 0 Å². The molecule has 0 nitrogen and oxygen atoms in total. The van der Waals surface area contributed by atoms with Gasteiger partial charge in [0.05, 0.1) is 0 Å². The van der Waals surface area contributed by atoms with Crippen LogP contribution in [0.5, 0.6) is 0 Å². The van der Waals surface area contributed by atoms with Gasteiger partial charge in [0.25, 0.3) is 0 Å². The van der Waals surface area contributed by atoms with Gasteiger partial charge in [-0.2, -0.15) is 0 Å². The van der Waals surface area contributed by atoms with E-state index in [4.69, 9.17) is 0 Å². The molecule has 0 radical (unpaired) electrons. The van der Waals surface area contributed by atoms with Gasteiger partial charge < -0.3 is 0 Å². The standard InChI is InChI=1S/C18H26/c1-3-7-18(14-16-8-5-4-6-9-16)17-12-10-15(2)11-13-17/h10-14,18H,3-9H2,1-2H3. The molecule has 18 heavy (non-hydrogen) atoms. The first-order valence-corrected chi connectivity index (χ1v) is 7.55. The highest BCUT2D eigenvalue weighted by molar-refractivity contribution is 5.28. The molecule has 0 saturated heterocycles. The maximum atomic E-state index is 2.58. The van der Waals surface area contributed by atoms with Crippen LogP contribution in [-0.2, 0) is 0 Å². The highest BCUT2D eigenvalue weighted by atomic mass is 14.2. The third-order valence-corrected chi connectivity index (χ3v) is 4.04. The third kappa shape index (κ3) is 3.73. The predicted octanol–water partition coefficient (Wildman–Crippen LogP) is 5.77. The monoisotopic (exact) mass is 242 g/mol. The minimum Gasteiger partial charge on any atom is -0.0778 e. The van der Waals surface area contributed by atoms with Crippen LogP contribution in [0.25, 0.3) is 0 Å². The third-order valence-electron chi connectivity index (χ3n) is 4.04. The van der Waals surface area contributed by atoms with E-state index in [0.29, 0.717) is 5.92 Å². The predicted molar refractivity (Wildman–Crippen MR) is 80.0 cm³/mol. The molecule has 0 heterocycles. The van der Waals surface area contributed by atoms with Crippen LogP contribution in [0.1, 0.15) is 68.9 Å². The van der Waals surface area contributed by atoms with E-state index >= 15 is 0 Å². The molecule has 0 aromatic heterocycles. The summed E-state index contributed by atoms with van der Waals surface area (Å²) in [6.07, 6.45) is 12.0. The van der Waals surface area contributed by atoms with Crippen molar-refractivity contribution in [1.82, 2.24) is 0 Å². The van der Waals surface area contributed by atoms with Crippen molar-refractivity contribution in [2.75, 3.05) is 0 Å². The molecule has 1 aromatic rings. The van der Waals surface area contributed by atoms with Crippen molar-refractivity contribution < 1.29 is 0 Å². The molecule has 1 aliphatic rings. The molecular weight excluding hydrogens is 216 g/mol. The Hall–Kier alpha value is -1.04. The minimum absolute atomic E-state index is 0.642. The molecule has 2 rings (SSSR count). The number of hydrogen-bond donors (Lipinski definition) is 0. The second-order valence-corrected chi connectivity index (χ2v) is 5.69. The summed E-state index contributed by atoms with van der Waals surface area (Å²) in [5, 5.41) is 0. The van der Waals surface area contributed by atoms with Crippen molar-refractivity contribution >= 4 is 0 Å². The van der Waals surface area contributed by atoms with Crippen LogP contribution in [-0.4, -0.2) is 0 Å². The van der Waals surface area contributed by atoms with Crippen LogP contribution >= 0.6 is 0 Å². The van der Waals surface area contributed by atoms with E-state index in [1.165, 1.54) is 56.1 Å². The molecule has 1 saturated carbocycles. The van der Waals surface area contributed by atoms with Gasteiger partial charge in [0, 0.05) is 5.92 Å². The minimum atomic E-state index is 0.642. The Morgan fingerprint density at radius 2 is 1.72 bits per heavy atom. The van der Waals surface area contributed by atoms with Crippen LogP contribution < -0.4 is 0 Å². The van der Waals surface area contributed by atoms with Crippen LogP contribution in [0.15, 0.2) is 35.9 Å². The van der Waals surface area contributed by atoms with Crippen LogP contribution in [0, 0.1) is 6.92 Å². The lowest BCUT2D eigenvalue weighted by atomic mass is 9.87. The fourth-order valence-corrected chi connectivity index (χ4v) is 2.93. The van der Waals surface area contributed by atoms with Crippen LogP contribution in [0.2, 0.25) is 0 Å². The first-order valence-electron chi connectivity index (χ1n) is 7.55. The fraction of sp³-hybridized carbons (Fsp3) is 0.556. The molecule has 0 aliphatic heterocycles. The average Bonchev–Trinajstić information content (AvgIpc) is 2.40. The summed E-state index contributed by atoms with van der Waals surface area (Å²) in [5.41, 5.74) is 4.57. The summed E-state index contributed by atoms with van der Waals surface area (Å²) in [7, 11) is 0. The highest BCUT2D eigenvalue weighted by Gasteiger charge is 2.11. The van der Waals surface area contributed by atoms with Crippen molar-refractivity contribution in [1.29, 1.82) is 0 Å². The lowest BCUT2D eigenvalue weighted by Gasteiger charge is -2.19. The van der Waals surface area contributed by atoms with Gasteiger partial charge in [-0.1, -0.05) is 61.2 Å². The molecule has 0 spiro atoms. The van der Waals surface area contributed by atoms with Gasteiger partial charge in [0.15, 0.2) is 0 Å². The Kier molecular flexibility index (Phi) is 5.04. The van der Waals surface area contributed by atoms with Crippen molar-refractivity contribution in [3.05, 3.63) is 47.0 Å². The first-order chi connectivity index (χ1) is 8.79. The molecule has 1 atom stereocenters. The quantitative estimate of drug-likeness (QED) is 0.588. The molecular formula is C18H26. The zero-order chi connectivity index (χ0) is 12.8. The average molecular weight is 242 g/mol. The van der Waals surface area contributed by atoms with E-state index in [9.17, 15) is 0 Å². The zero-order valence-electron chi connectivity index (χ0n) is 11.9. The lowest BCUT2D eigenvalue weighted by molar-refractivity contribution is 0.589. The van der Waals surface area contributed by atoms with Crippen molar-refractivity contribution in [2.24, 2.45) is 0 Å². The second kappa shape index (κ2) is 6.78. The molecule has 0 heteroatoms. The van der Waals surface area contributed by atoms with Crippen molar-refractivity contribution in [3.63, 3.8) is 0 Å². The van der Waals surface area contributed by atoms with E-state index in [1.54, 1.807) is 5.57 Å². The van der Waals surface area contributed by atoms with E-state index in [1.807, 2.05) is 0 Å².